The number of carbonyl (C=O) groups excluding carboxylic acids is 1. The minimum Gasteiger partial charge on any atom is -0.492 e. The van der Waals surface area contributed by atoms with E-state index in [0.717, 1.165) is 11.1 Å². The van der Waals surface area contributed by atoms with Crippen LogP contribution in [-0.4, -0.2) is 27.5 Å². The van der Waals surface area contributed by atoms with Gasteiger partial charge in [-0.3, -0.25) is 9.52 Å². The number of amides is 1. The Morgan fingerprint density at radius 3 is 2.77 bits per heavy atom. The largest absolute Gasteiger partial charge is 0.492 e. The highest BCUT2D eigenvalue weighted by molar-refractivity contribution is 7.92. The average molecular weight is 426 g/mol. The highest BCUT2D eigenvalue weighted by atomic mass is 32.2. The van der Waals surface area contributed by atoms with Gasteiger partial charge in [0.25, 0.3) is 15.9 Å². The number of ether oxygens (including phenoxy) is 1. The molecule has 0 radical (unpaired) electrons. The molecule has 1 aromatic heterocycles. The Morgan fingerprint density at radius 2 is 2.03 bits per heavy atom. The summed E-state index contributed by atoms with van der Waals surface area (Å²) in [5.74, 6) is 0.289. The molecule has 0 bridgehead atoms. The maximum atomic E-state index is 13.1. The van der Waals surface area contributed by atoms with Crippen LogP contribution in [0.3, 0.4) is 0 Å². The van der Waals surface area contributed by atoms with Crippen molar-refractivity contribution in [3.63, 3.8) is 0 Å². The summed E-state index contributed by atoms with van der Waals surface area (Å²) in [6.45, 7) is 4.49. The molecule has 7 nitrogen and oxygen atoms in total. The van der Waals surface area contributed by atoms with E-state index in [-0.39, 0.29) is 16.6 Å². The summed E-state index contributed by atoms with van der Waals surface area (Å²) in [4.78, 5) is 14.4. The van der Waals surface area contributed by atoms with Gasteiger partial charge in [0.2, 0.25) is 0 Å². The number of sulfonamides is 1. The fourth-order valence-corrected chi connectivity index (χ4v) is 4.78. The van der Waals surface area contributed by atoms with Crippen LogP contribution in [0.4, 0.5) is 11.4 Å². The Bertz CT molecular complexity index is 1190. The van der Waals surface area contributed by atoms with Crippen molar-refractivity contribution < 1.29 is 22.4 Å². The van der Waals surface area contributed by atoms with E-state index in [2.05, 4.69) is 4.72 Å². The molecular weight excluding hydrogens is 404 g/mol. The summed E-state index contributed by atoms with van der Waals surface area (Å²) in [6, 6.07) is 13.5. The molecule has 4 rings (SSSR count). The number of nitrogens with one attached hydrogen (secondary N) is 1. The van der Waals surface area contributed by atoms with Crippen molar-refractivity contribution in [2.24, 2.45) is 0 Å². The Kier molecular flexibility index (Phi) is 5.26. The van der Waals surface area contributed by atoms with Crippen molar-refractivity contribution in [3.05, 3.63) is 71.7 Å². The predicted octanol–water partition coefficient (Wildman–Crippen LogP) is 3.99. The fourth-order valence-electron chi connectivity index (χ4n) is 3.50. The Hall–Kier alpha value is -3.26. The third kappa shape index (κ3) is 3.78. The van der Waals surface area contributed by atoms with E-state index in [1.807, 2.05) is 13.0 Å². The van der Waals surface area contributed by atoms with Crippen molar-refractivity contribution in [2.75, 3.05) is 22.8 Å². The van der Waals surface area contributed by atoms with Crippen LogP contribution in [0.25, 0.3) is 0 Å². The first kappa shape index (κ1) is 20.0. The zero-order valence-electron chi connectivity index (χ0n) is 16.7. The van der Waals surface area contributed by atoms with Gasteiger partial charge in [0, 0.05) is 12.2 Å². The number of fused-ring (bicyclic) bond motifs is 1. The van der Waals surface area contributed by atoms with Gasteiger partial charge < -0.3 is 14.1 Å². The van der Waals surface area contributed by atoms with Gasteiger partial charge in [-0.25, -0.2) is 8.42 Å². The number of anilines is 2. The lowest BCUT2D eigenvalue weighted by Crippen LogP contribution is -2.28. The van der Waals surface area contributed by atoms with Crippen LogP contribution in [0, 0.1) is 6.92 Å². The zero-order chi connectivity index (χ0) is 21.3. The monoisotopic (exact) mass is 426 g/mol. The summed E-state index contributed by atoms with van der Waals surface area (Å²) >= 11 is 0. The van der Waals surface area contributed by atoms with E-state index in [4.69, 9.17) is 9.15 Å². The maximum Gasteiger partial charge on any atom is 0.293 e. The predicted molar refractivity (Wildman–Crippen MR) is 114 cm³/mol. The first-order valence-corrected chi connectivity index (χ1v) is 11.1. The van der Waals surface area contributed by atoms with E-state index in [9.17, 15) is 13.2 Å². The maximum absolute atomic E-state index is 13.1. The molecule has 1 aliphatic heterocycles. The van der Waals surface area contributed by atoms with E-state index < -0.39 is 10.0 Å². The van der Waals surface area contributed by atoms with Crippen LogP contribution in [0.15, 0.2) is 64.1 Å². The van der Waals surface area contributed by atoms with Gasteiger partial charge in [-0.1, -0.05) is 12.1 Å². The van der Waals surface area contributed by atoms with E-state index in [0.29, 0.717) is 36.7 Å². The first-order valence-electron chi connectivity index (χ1n) is 9.63. The number of hydrogen-bond donors (Lipinski definition) is 1. The summed E-state index contributed by atoms with van der Waals surface area (Å²) < 4.78 is 39.5. The molecule has 2 aromatic carbocycles. The summed E-state index contributed by atoms with van der Waals surface area (Å²) in [6.07, 6.45) is 2.15. The second-order valence-corrected chi connectivity index (χ2v) is 8.67. The number of nitrogens with zero attached hydrogens (tertiary/aromatic N) is 1. The summed E-state index contributed by atoms with van der Waals surface area (Å²) in [5, 5.41) is 0. The number of hydrogen-bond acceptors (Lipinski definition) is 5. The van der Waals surface area contributed by atoms with Gasteiger partial charge in [0.05, 0.1) is 18.6 Å². The lowest BCUT2D eigenvalue weighted by molar-refractivity contribution is 0.0963. The standard InChI is InChI=1S/C22H22N2O5S/c1-3-28-19-9-6-15(2)13-21(19)30(26,27)23-17-8-7-16-10-11-24(18(16)14-17)22(25)20-5-4-12-29-20/h4-9,12-14,23H,3,10-11H2,1-2H3. The topological polar surface area (TPSA) is 88.9 Å². The smallest absolute Gasteiger partial charge is 0.293 e. The molecule has 0 fully saturated rings. The number of aryl methyl sites for hydroxylation is 1. The normalized spacial score (nSPS) is 13.2. The van der Waals surface area contributed by atoms with E-state index >= 15 is 0 Å². The molecule has 0 saturated heterocycles. The van der Waals surface area contributed by atoms with Crippen LogP contribution in [0.2, 0.25) is 0 Å². The first-order chi connectivity index (χ1) is 14.4. The molecule has 0 spiro atoms. The van der Waals surface area contributed by atoms with Crippen LogP contribution in [-0.2, 0) is 16.4 Å². The SMILES string of the molecule is CCOc1ccc(C)cc1S(=O)(=O)Nc1ccc2c(c1)N(C(=O)c1ccco1)CC2. The molecule has 2 heterocycles. The second-order valence-electron chi connectivity index (χ2n) is 7.02. The molecule has 0 unspecified atom stereocenters. The lowest BCUT2D eigenvalue weighted by Gasteiger charge is -2.18. The highest BCUT2D eigenvalue weighted by Crippen LogP contribution is 2.34. The fraction of sp³-hybridized carbons (Fsp3) is 0.227. The molecule has 8 heteroatoms. The average Bonchev–Trinajstić information content (AvgIpc) is 3.38. The Balaban J connectivity index is 1.65. The third-order valence-electron chi connectivity index (χ3n) is 4.90. The minimum atomic E-state index is -3.88. The van der Waals surface area contributed by atoms with Gasteiger partial charge in [-0.15, -0.1) is 0 Å². The van der Waals surface area contributed by atoms with Crippen molar-refractivity contribution in [1.82, 2.24) is 0 Å². The molecule has 1 N–H and O–H groups in total. The van der Waals surface area contributed by atoms with Crippen LogP contribution < -0.4 is 14.4 Å². The number of benzene rings is 2. The van der Waals surface area contributed by atoms with Crippen LogP contribution in [0.5, 0.6) is 5.75 Å². The van der Waals surface area contributed by atoms with Gasteiger partial charge in [-0.05, 0) is 67.8 Å². The number of furan rings is 1. The molecule has 3 aromatic rings. The van der Waals surface area contributed by atoms with E-state index in [1.165, 1.54) is 6.26 Å². The van der Waals surface area contributed by atoms with E-state index in [1.54, 1.807) is 54.3 Å². The lowest BCUT2D eigenvalue weighted by atomic mass is 10.1. The zero-order valence-corrected chi connectivity index (χ0v) is 17.5. The van der Waals surface area contributed by atoms with Crippen molar-refractivity contribution >= 4 is 27.3 Å². The summed E-state index contributed by atoms with van der Waals surface area (Å²) in [7, 11) is -3.88. The molecular formula is C22H22N2O5S. The van der Waals surface area contributed by atoms with Gasteiger partial charge in [0.1, 0.15) is 10.6 Å². The highest BCUT2D eigenvalue weighted by Gasteiger charge is 2.28. The molecule has 30 heavy (non-hydrogen) atoms. The molecule has 156 valence electrons. The Morgan fingerprint density at radius 1 is 1.20 bits per heavy atom. The number of carbonyl (C=O) groups is 1. The van der Waals surface area contributed by atoms with Crippen molar-refractivity contribution in [1.29, 1.82) is 0 Å². The summed E-state index contributed by atoms with van der Waals surface area (Å²) in [5.41, 5.74) is 2.83. The van der Waals surface area contributed by atoms with Gasteiger partial charge in [-0.2, -0.15) is 0 Å². The van der Waals surface area contributed by atoms with Crippen LogP contribution >= 0.6 is 0 Å². The van der Waals surface area contributed by atoms with Crippen molar-refractivity contribution in [2.45, 2.75) is 25.2 Å². The van der Waals surface area contributed by atoms with Crippen LogP contribution in [0.1, 0.15) is 28.6 Å². The molecule has 1 amide bonds. The second kappa shape index (κ2) is 7.87. The minimum absolute atomic E-state index is 0.0772. The molecule has 1 aliphatic rings. The third-order valence-corrected chi connectivity index (χ3v) is 6.30. The quantitative estimate of drug-likeness (QED) is 0.644. The Labute approximate surface area is 175 Å². The molecule has 0 atom stereocenters. The van der Waals surface area contributed by atoms with Gasteiger partial charge >= 0.3 is 0 Å². The van der Waals surface area contributed by atoms with Crippen molar-refractivity contribution in [3.8, 4) is 5.75 Å². The molecule has 0 aliphatic carbocycles. The van der Waals surface area contributed by atoms with Gasteiger partial charge in [0.15, 0.2) is 5.76 Å². The number of rotatable bonds is 6. The molecule has 0 saturated carbocycles.